The van der Waals surface area contributed by atoms with Gasteiger partial charge in [-0.15, -0.1) is 13.2 Å². The molecular weight excluding hydrogens is 363 g/mol. The Bertz CT molecular complexity index is 727. The Kier molecular flexibility index (Phi) is 4.30. The second-order valence-electron chi connectivity index (χ2n) is 6.77. The number of hydrogen-bond donors (Lipinski definition) is 0. The number of nitrogens with zero attached hydrogens (tertiary/aromatic N) is 1. The molecule has 0 bridgehead atoms. The maximum Gasteiger partial charge on any atom is 0.573 e. The van der Waals surface area contributed by atoms with Crippen molar-refractivity contribution >= 4 is 10.0 Å². The van der Waals surface area contributed by atoms with E-state index in [2.05, 4.69) is 4.74 Å². The van der Waals surface area contributed by atoms with Crippen molar-refractivity contribution in [3.8, 4) is 5.75 Å². The fraction of sp³-hybridized carbons (Fsp3) is 0.600. The van der Waals surface area contributed by atoms with Crippen molar-refractivity contribution in [1.82, 2.24) is 4.31 Å². The van der Waals surface area contributed by atoms with Gasteiger partial charge >= 0.3 is 6.36 Å². The number of sulfonamides is 1. The van der Waals surface area contributed by atoms with E-state index in [0.29, 0.717) is 13.2 Å². The Morgan fingerprint density at radius 3 is 2.08 bits per heavy atom. The third kappa shape index (κ3) is 3.91. The van der Waals surface area contributed by atoms with E-state index in [1.165, 1.54) is 4.31 Å². The zero-order valence-electron chi connectivity index (χ0n) is 13.7. The predicted molar refractivity (Wildman–Crippen MR) is 80.3 cm³/mol. The molecule has 0 saturated carbocycles. The highest BCUT2D eigenvalue weighted by Gasteiger charge is 2.52. The van der Waals surface area contributed by atoms with Crippen LogP contribution in [0.15, 0.2) is 29.2 Å². The molecule has 140 valence electrons. The zero-order chi connectivity index (χ0) is 18.5. The average Bonchev–Trinajstić information content (AvgIpc) is 2.44. The van der Waals surface area contributed by atoms with Crippen molar-refractivity contribution in [1.29, 1.82) is 0 Å². The van der Waals surface area contributed by atoms with Crippen LogP contribution in [0.2, 0.25) is 0 Å². The minimum Gasteiger partial charge on any atom is -0.406 e. The van der Waals surface area contributed by atoms with E-state index in [1.54, 1.807) is 13.8 Å². The van der Waals surface area contributed by atoms with E-state index in [-0.39, 0.29) is 23.4 Å². The normalized spacial score (nSPS) is 23.2. The summed E-state index contributed by atoms with van der Waals surface area (Å²) >= 11 is 0. The molecule has 0 unspecified atom stereocenters. The van der Waals surface area contributed by atoms with Gasteiger partial charge in [-0.1, -0.05) is 0 Å². The van der Waals surface area contributed by atoms with Crippen LogP contribution in [0.3, 0.4) is 0 Å². The smallest absolute Gasteiger partial charge is 0.406 e. The SMILES string of the molecule is CC1(C)OCC2(CO1)CN(S(=O)(=O)c1ccc(OC(F)(F)F)cc1)C2. The summed E-state index contributed by atoms with van der Waals surface area (Å²) in [6.07, 6.45) is -4.82. The van der Waals surface area contributed by atoms with Crippen molar-refractivity contribution in [2.24, 2.45) is 5.41 Å². The van der Waals surface area contributed by atoms with Crippen LogP contribution in [-0.4, -0.2) is 51.2 Å². The molecular formula is C15H18F3NO5S. The van der Waals surface area contributed by atoms with Crippen molar-refractivity contribution in [2.75, 3.05) is 26.3 Å². The molecule has 0 aliphatic carbocycles. The third-order valence-electron chi connectivity index (χ3n) is 4.17. The minimum absolute atomic E-state index is 0.0881. The molecule has 2 fully saturated rings. The van der Waals surface area contributed by atoms with E-state index >= 15 is 0 Å². The fourth-order valence-corrected chi connectivity index (χ4v) is 4.42. The van der Waals surface area contributed by atoms with Crippen molar-refractivity contribution in [3.05, 3.63) is 24.3 Å². The van der Waals surface area contributed by atoms with Gasteiger partial charge in [0, 0.05) is 18.5 Å². The summed E-state index contributed by atoms with van der Waals surface area (Å²) in [6.45, 7) is 4.85. The second-order valence-corrected chi connectivity index (χ2v) is 8.71. The van der Waals surface area contributed by atoms with Crippen LogP contribution in [0.1, 0.15) is 13.8 Å². The van der Waals surface area contributed by atoms with Gasteiger partial charge in [0.2, 0.25) is 10.0 Å². The van der Waals surface area contributed by atoms with Crippen LogP contribution in [0.25, 0.3) is 0 Å². The molecule has 6 nitrogen and oxygen atoms in total. The van der Waals surface area contributed by atoms with Crippen LogP contribution in [0, 0.1) is 5.41 Å². The van der Waals surface area contributed by atoms with Crippen LogP contribution in [0.5, 0.6) is 5.75 Å². The van der Waals surface area contributed by atoms with Gasteiger partial charge < -0.3 is 14.2 Å². The van der Waals surface area contributed by atoms with E-state index in [9.17, 15) is 21.6 Å². The predicted octanol–water partition coefficient (Wildman–Crippen LogP) is 2.36. The van der Waals surface area contributed by atoms with Gasteiger partial charge in [0.1, 0.15) is 5.75 Å². The standard InChI is InChI=1S/C15H18F3NO5S/c1-13(2)22-9-14(10-23-13)7-19(8-14)25(20,21)12-5-3-11(4-6-12)24-15(16,17)18/h3-6H,7-10H2,1-2H3. The highest BCUT2D eigenvalue weighted by atomic mass is 32.2. The molecule has 0 radical (unpaired) electrons. The summed E-state index contributed by atoms with van der Waals surface area (Å²) in [4.78, 5) is -0.0881. The maximum absolute atomic E-state index is 12.5. The largest absolute Gasteiger partial charge is 0.573 e. The molecule has 0 atom stereocenters. The lowest BCUT2D eigenvalue weighted by Gasteiger charge is -2.53. The molecule has 1 aromatic carbocycles. The van der Waals surface area contributed by atoms with E-state index in [1.807, 2.05) is 0 Å². The van der Waals surface area contributed by atoms with Gasteiger partial charge in [0.05, 0.1) is 18.1 Å². The molecule has 2 heterocycles. The summed E-state index contributed by atoms with van der Waals surface area (Å²) in [6, 6.07) is 4.15. The average molecular weight is 381 g/mol. The summed E-state index contributed by atoms with van der Waals surface area (Å²) in [5, 5.41) is 0. The molecule has 3 rings (SSSR count). The van der Waals surface area contributed by atoms with Gasteiger partial charge in [-0.05, 0) is 38.1 Å². The molecule has 1 spiro atoms. The highest BCUT2D eigenvalue weighted by Crippen LogP contribution is 2.40. The molecule has 10 heteroatoms. The molecule has 0 N–H and O–H groups in total. The Morgan fingerprint density at radius 2 is 1.60 bits per heavy atom. The topological polar surface area (TPSA) is 65.1 Å². The molecule has 25 heavy (non-hydrogen) atoms. The summed E-state index contributed by atoms with van der Waals surface area (Å²) in [7, 11) is -3.78. The highest BCUT2D eigenvalue weighted by molar-refractivity contribution is 7.89. The van der Waals surface area contributed by atoms with Crippen molar-refractivity contribution in [2.45, 2.75) is 30.9 Å². The Labute approximate surface area is 143 Å². The van der Waals surface area contributed by atoms with Gasteiger partial charge in [-0.2, -0.15) is 4.31 Å². The van der Waals surface area contributed by atoms with Crippen LogP contribution in [0.4, 0.5) is 13.2 Å². The summed E-state index contributed by atoms with van der Waals surface area (Å²) in [5.74, 6) is -1.15. The van der Waals surface area contributed by atoms with Crippen molar-refractivity contribution < 1.29 is 35.8 Å². The number of hydrogen-bond acceptors (Lipinski definition) is 5. The molecule has 2 aliphatic heterocycles. The number of ether oxygens (including phenoxy) is 3. The third-order valence-corrected chi connectivity index (χ3v) is 5.98. The van der Waals surface area contributed by atoms with Crippen LogP contribution >= 0.6 is 0 Å². The quantitative estimate of drug-likeness (QED) is 0.804. The molecule has 0 aromatic heterocycles. The molecule has 1 aromatic rings. The van der Waals surface area contributed by atoms with E-state index in [0.717, 1.165) is 24.3 Å². The number of benzene rings is 1. The number of rotatable bonds is 3. The van der Waals surface area contributed by atoms with Gasteiger partial charge in [0.15, 0.2) is 5.79 Å². The lowest BCUT2D eigenvalue weighted by atomic mass is 9.82. The number of alkyl halides is 3. The van der Waals surface area contributed by atoms with Gasteiger partial charge in [-0.3, -0.25) is 0 Å². The lowest BCUT2D eigenvalue weighted by molar-refractivity contribution is -0.299. The fourth-order valence-electron chi connectivity index (χ4n) is 2.75. The van der Waals surface area contributed by atoms with E-state index < -0.39 is 27.9 Å². The summed E-state index contributed by atoms with van der Waals surface area (Å²) < 4.78 is 77.7. The molecule has 2 saturated heterocycles. The summed E-state index contributed by atoms with van der Waals surface area (Å²) in [5.41, 5.74) is -0.373. The minimum atomic E-state index is -4.82. The first-order valence-corrected chi connectivity index (χ1v) is 8.99. The first kappa shape index (κ1) is 18.4. The first-order valence-electron chi connectivity index (χ1n) is 7.55. The maximum atomic E-state index is 12.5. The Balaban J connectivity index is 1.66. The van der Waals surface area contributed by atoms with Gasteiger partial charge in [-0.25, -0.2) is 8.42 Å². The number of halogens is 3. The van der Waals surface area contributed by atoms with Crippen LogP contribution in [-0.2, 0) is 19.5 Å². The van der Waals surface area contributed by atoms with E-state index in [4.69, 9.17) is 9.47 Å². The Morgan fingerprint density at radius 1 is 1.08 bits per heavy atom. The first-order chi connectivity index (χ1) is 11.4. The Hall–Kier alpha value is -1.36. The van der Waals surface area contributed by atoms with Crippen molar-refractivity contribution in [3.63, 3.8) is 0 Å². The zero-order valence-corrected chi connectivity index (χ0v) is 14.5. The monoisotopic (exact) mass is 381 g/mol. The molecule has 2 aliphatic rings. The second kappa shape index (κ2) is 5.83. The molecule has 0 amide bonds. The van der Waals surface area contributed by atoms with Crippen LogP contribution < -0.4 is 4.74 Å². The lowest BCUT2D eigenvalue weighted by Crippen LogP contribution is -2.65. The van der Waals surface area contributed by atoms with Gasteiger partial charge in [0.25, 0.3) is 0 Å².